The lowest BCUT2D eigenvalue weighted by molar-refractivity contribution is 0.102. The molecule has 0 bridgehead atoms. The van der Waals surface area contributed by atoms with E-state index in [2.05, 4.69) is 15.3 Å². The minimum absolute atomic E-state index is 0.353. The molecule has 1 amide bonds. The Kier molecular flexibility index (Phi) is 4.88. The summed E-state index contributed by atoms with van der Waals surface area (Å²) in [5.41, 5.74) is 1.25. The first-order chi connectivity index (χ1) is 12.1. The van der Waals surface area contributed by atoms with E-state index in [1.165, 1.54) is 24.8 Å². The van der Waals surface area contributed by atoms with Gasteiger partial charge in [-0.25, -0.2) is 9.97 Å². The lowest BCUT2D eigenvalue weighted by Gasteiger charge is -2.10. The number of nitriles is 1. The largest absolute Gasteiger partial charge is 0.454 e. The van der Waals surface area contributed by atoms with Crippen molar-refractivity contribution in [2.75, 3.05) is 5.32 Å². The number of nitrogens with one attached hydrogen (secondary N) is 1. The zero-order chi connectivity index (χ0) is 17.6. The highest BCUT2D eigenvalue weighted by atomic mass is 35.5. The van der Waals surface area contributed by atoms with Gasteiger partial charge in [0, 0.05) is 22.3 Å². The van der Waals surface area contributed by atoms with E-state index in [0.717, 1.165) is 0 Å². The van der Waals surface area contributed by atoms with Crippen molar-refractivity contribution < 1.29 is 9.53 Å². The molecule has 3 aromatic rings. The van der Waals surface area contributed by atoms with Crippen LogP contribution in [-0.4, -0.2) is 15.9 Å². The van der Waals surface area contributed by atoms with Crippen molar-refractivity contribution in [1.29, 1.82) is 5.26 Å². The summed E-state index contributed by atoms with van der Waals surface area (Å²) in [5, 5.41) is 12.1. The van der Waals surface area contributed by atoms with Gasteiger partial charge in [-0.1, -0.05) is 17.7 Å². The number of anilines is 1. The standard InChI is InChI=1S/C18H11ClN4O2/c19-14-5-15(7-16(6-14)25-17-9-21-11-22-10-17)23-18(24)13-3-1-2-12(4-13)8-20/h1-7,9-11H,(H,23,24). The van der Waals surface area contributed by atoms with E-state index in [1.54, 1.807) is 36.4 Å². The summed E-state index contributed by atoms with van der Waals surface area (Å²) in [6.45, 7) is 0. The SMILES string of the molecule is N#Cc1cccc(C(=O)Nc2cc(Cl)cc(Oc3cncnc3)c2)c1. The highest BCUT2D eigenvalue weighted by Gasteiger charge is 2.09. The maximum Gasteiger partial charge on any atom is 0.255 e. The lowest BCUT2D eigenvalue weighted by atomic mass is 10.1. The monoisotopic (exact) mass is 350 g/mol. The van der Waals surface area contributed by atoms with Crippen LogP contribution in [0.5, 0.6) is 11.5 Å². The van der Waals surface area contributed by atoms with Crippen LogP contribution in [0.4, 0.5) is 5.69 Å². The molecule has 0 atom stereocenters. The lowest BCUT2D eigenvalue weighted by Crippen LogP contribution is -2.12. The highest BCUT2D eigenvalue weighted by Crippen LogP contribution is 2.28. The molecule has 7 heteroatoms. The summed E-state index contributed by atoms with van der Waals surface area (Å²) in [6, 6.07) is 13.3. The average molecular weight is 351 g/mol. The Morgan fingerprint density at radius 2 is 1.92 bits per heavy atom. The van der Waals surface area contributed by atoms with Crippen LogP contribution in [0.1, 0.15) is 15.9 Å². The van der Waals surface area contributed by atoms with Crippen molar-refractivity contribution in [2.45, 2.75) is 0 Å². The minimum Gasteiger partial charge on any atom is -0.454 e. The molecule has 3 rings (SSSR count). The van der Waals surface area contributed by atoms with Gasteiger partial charge in [0.05, 0.1) is 24.0 Å². The Labute approximate surface area is 148 Å². The summed E-state index contributed by atoms with van der Waals surface area (Å²) in [6.07, 6.45) is 4.42. The van der Waals surface area contributed by atoms with Gasteiger partial charge >= 0.3 is 0 Å². The van der Waals surface area contributed by atoms with Gasteiger partial charge in [-0.3, -0.25) is 4.79 Å². The number of benzene rings is 2. The third kappa shape index (κ3) is 4.31. The van der Waals surface area contributed by atoms with Gasteiger partial charge in [-0.2, -0.15) is 5.26 Å². The van der Waals surface area contributed by atoms with Crippen LogP contribution >= 0.6 is 11.6 Å². The molecule has 0 radical (unpaired) electrons. The second-order valence-electron chi connectivity index (χ2n) is 5.00. The number of halogens is 1. The minimum atomic E-state index is -0.353. The van der Waals surface area contributed by atoms with Gasteiger partial charge in [-0.05, 0) is 30.3 Å². The molecule has 0 unspecified atom stereocenters. The molecule has 0 aliphatic rings. The smallest absolute Gasteiger partial charge is 0.255 e. The number of aromatic nitrogens is 2. The normalized spacial score (nSPS) is 9.92. The number of rotatable bonds is 4. The topological polar surface area (TPSA) is 87.9 Å². The molecule has 25 heavy (non-hydrogen) atoms. The quantitative estimate of drug-likeness (QED) is 0.767. The van der Waals surface area contributed by atoms with Crippen molar-refractivity contribution in [3.63, 3.8) is 0 Å². The maximum atomic E-state index is 12.3. The Balaban J connectivity index is 1.80. The van der Waals surface area contributed by atoms with Crippen molar-refractivity contribution in [1.82, 2.24) is 9.97 Å². The van der Waals surface area contributed by atoms with E-state index in [0.29, 0.717) is 33.3 Å². The van der Waals surface area contributed by atoms with Crippen LogP contribution in [-0.2, 0) is 0 Å². The zero-order valence-electron chi connectivity index (χ0n) is 12.8. The summed E-state index contributed by atoms with van der Waals surface area (Å²) >= 11 is 6.09. The molecular weight excluding hydrogens is 340 g/mol. The molecule has 1 aromatic heterocycles. The summed E-state index contributed by atoms with van der Waals surface area (Å²) in [7, 11) is 0. The second kappa shape index (κ2) is 7.43. The number of carbonyl (C=O) groups excluding carboxylic acids is 1. The number of carbonyl (C=O) groups is 1. The molecule has 122 valence electrons. The van der Waals surface area contributed by atoms with E-state index in [4.69, 9.17) is 21.6 Å². The van der Waals surface area contributed by atoms with Crippen LogP contribution in [0, 0.1) is 11.3 Å². The molecule has 0 aliphatic carbocycles. The fraction of sp³-hybridized carbons (Fsp3) is 0. The number of ether oxygens (including phenoxy) is 1. The predicted octanol–water partition coefficient (Wildman–Crippen LogP) is 4.05. The number of nitrogens with zero attached hydrogens (tertiary/aromatic N) is 3. The Morgan fingerprint density at radius 3 is 2.68 bits per heavy atom. The molecule has 0 aliphatic heterocycles. The predicted molar refractivity (Wildman–Crippen MR) is 92.7 cm³/mol. The van der Waals surface area contributed by atoms with Crippen LogP contribution in [0.25, 0.3) is 0 Å². The molecule has 6 nitrogen and oxygen atoms in total. The van der Waals surface area contributed by atoms with Gasteiger partial charge in [0.25, 0.3) is 5.91 Å². The van der Waals surface area contributed by atoms with Crippen molar-refractivity contribution in [3.8, 4) is 17.6 Å². The first-order valence-electron chi connectivity index (χ1n) is 7.19. The van der Waals surface area contributed by atoms with Crippen LogP contribution in [0.3, 0.4) is 0 Å². The molecule has 2 aromatic carbocycles. The first kappa shape index (κ1) is 16.4. The van der Waals surface area contributed by atoms with E-state index in [1.807, 2.05) is 6.07 Å². The van der Waals surface area contributed by atoms with E-state index in [9.17, 15) is 4.79 Å². The summed E-state index contributed by atoms with van der Waals surface area (Å²) < 4.78 is 5.62. The Hall–Kier alpha value is -3.43. The summed E-state index contributed by atoms with van der Waals surface area (Å²) in [4.78, 5) is 20.1. The fourth-order valence-corrected chi connectivity index (χ4v) is 2.33. The molecule has 1 heterocycles. The average Bonchev–Trinajstić information content (AvgIpc) is 2.62. The van der Waals surface area contributed by atoms with Crippen LogP contribution < -0.4 is 10.1 Å². The number of hydrogen-bond acceptors (Lipinski definition) is 5. The third-order valence-electron chi connectivity index (χ3n) is 3.16. The van der Waals surface area contributed by atoms with Crippen molar-refractivity contribution in [3.05, 3.63) is 77.3 Å². The highest BCUT2D eigenvalue weighted by molar-refractivity contribution is 6.31. The number of hydrogen-bond donors (Lipinski definition) is 1. The van der Waals surface area contributed by atoms with Crippen molar-refractivity contribution >= 4 is 23.2 Å². The fourth-order valence-electron chi connectivity index (χ4n) is 2.10. The van der Waals surface area contributed by atoms with E-state index >= 15 is 0 Å². The van der Waals surface area contributed by atoms with Gasteiger partial charge < -0.3 is 10.1 Å². The van der Waals surface area contributed by atoms with Gasteiger partial charge in [0.2, 0.25) is 0 Å². The Morgan fingerprint density at radius 1 is 1.12 bits per heavy atom. The molecule has 0 fully saturated rings. The second-order valence-corrected chi connectivity index (χ2v) is 5.44. The van der Waals surface area contributed by atoms with E-state index in [-0.39, 0.29) is 5.91 Å². The molecule has 0 spiro atoms. The third-order valence-corrected chi connectivity index (χ3v) is 3.37. The molecule has 0 saturated carbocycles. The van der Waals surface area contributed by atoms with Gasteiger partial charge in [0.15, 0.2) is 5.75 Å². The molecule has 0 saturated heterocycles. The van der Waals surface area contributed by atoms with E-state index < -0.39 is 0 Å². The first-order valence-corrected chi connectivity index (χ1v) is 7.57. The number of amides is 1. The van der Waals surface area contributed by atoms with Crippen LogP contribution in [0.2, 0.25) is 5.02 Å². The van der Waals surface area contributed by atoms with Gasteiger partial charge in [-0.15, -0.1) is 0 Å². The maximum absolute atomic E-state index is 12.3. The molecule has 1 N–H and O–H groups in total. The van der Waals surface area contributed by atoms with Crippen molar-refractivity contribution in [2.24, 2.45) is 0 Å². The van der Waals surface area contributed by atoms with Crippen LogP contribution in [0.15, 0.2) is 61.2 Å². The zero-order valence-corrected chi connectivity index (χ0v) is 13.6. The Bertz CT molecular complexity index is 955. The molecular formula is C18H11ClN4O2. The summed E-state index contributed by atoms with van der Waals surface area (Å²) in [5.74, 6) is 0.528. The van der Waals surface area contributed by atoms with Gasteiger partial charge in [0.1, 0.15) is 12.1 Å².